The molecule has 0 fully saturated rings. The van der Waals surface area contributed by atoms with E-state index in [1.807, 2.05) is 18.4 Å². The van der Waals surface area contributed by atoms with Gasteiger partial charge in [-0.05, 0) is 30.4 Å². The predicted molar refractivity (Wildman–Crippen MR) is 63.4 cm³/mol. The van der Waals surface area contributed by atoms with Crippen molar-refractivity contribution in [2.75, 3.05) is 6.26 Å². The van der Waals surface area contributed by atoms with Gasteiger partial charge in [-0.2, -0.15) is 0 Å². The first-order chi connectivity index (χ1) is 7.11. The van der Waals surface area contributed by atoms with Gasteiger partial charge in [-0.25, -0.2) is 0 Å². The van der Waals surface area contributed by atoms with Crippen molar-refractivity contribution in [2.24, 2.45) is 0 Å². The minimum atomic E-state index is -0.667. The molecule has 1 rings (SSSR count). The van der Waals surface area contributed by atoms with Crippen LogP contribution in [0.5, 0.6) is 0 Å². The largest absolute Gasteiger partial charge is 0.392 e. The molecule has 15 heavy (non-hydrogen) atoms. The van der Waals surface area contributed by atoms with Crippen LogP contribution in [0.4, 0.5) is 0 Å². The Balaban J connectivity index is 3.22. The van der Waals surface area contributed by atoms with Crippen LogP contribution < -0.4 is 0 Å². The third-order valence-corrected chi connectivity index (χ3v) is 3.54. The Morgan fingerprint density at radius 3 is 2.73 bits per heavy atom. The normalized spacial score (nSPS) is 12.5. The van der Waals surface area contributed by atoms with E-state index >= 15 is 0 Å². The van der Waals surface area contributed by atoms with Crippen LogP contribution in [0.2, 0.25) is 0 Å². The number of hydrogen-bond acceptors (Lipinski definition) is 3. The molecule has 0 aromatic heterocycles. The molecule has 0 amide bonds. The number of benzene rings is 1. The Bertz CT molecular complexity index is 366. The van der Waals surface area contributed by atoms with E-state index < -0.39 is 5.38 Å². The molecule has 0 saturated heterocycles. The molecule has 1 atom stereocenters. The van der Waals surface area contributed by atoms with Crippen LogP contribution in [-0.4, -0.2) is 17.1 Å². The van der Waals surface area contributed by atoms with Crippen LogP contribution in [0, 0.1) is 0 Å². The fraction of sp³-hybridized carbons (Fsp3) is 0.364. The van der Waals surface area contributed by atoms with E-state index in [1.165, 1.54) is 18.7 Å². The third-order valence-electron chi connectivity index (χ3n) is 2.18. The Morgan fingerprint density at radius 2 is 2.27 bits per heavy atom. The lowest BCUT2D eigenvalue weighted by molar-refractivity contribution is -0.116. The zero-order valence-electron chi connectivity index (χ0n) is 8.66. The lowest BCUT2D eigenvalue weighted by Crippen LogP contribution is -2.06. The maximum atomic E-state index is 11.2. The van der Waals surface area contributed by atoms with Crippen LogP contribution in [0.25, 0.3) is 0 Å². The Hall–Kier alpha value is -0.510. The average Bonchev–Trinajstić information content (AvgIpc) is 2.26. The van der Waals surface area contributed by atoms with E-state index in [1.54, 1.807) is 6.07 Å². The van der Waals surface area contributed by atoms with Gasteiger partial charge in [-0.1, -0.05) is 12.1 Å². The number of aliphatic hydroxyl groups is 1. The second kappa shape index (κ2) is 5.54. The van der Waals surface area contributed by atoms with Crippen molar-refractivity contribution in [1.82, 2.24) is 0 Å². The number of ketones is 1. The highest BCUT2D eigenvalue weighted by atomic mass is 35.5. The average molecular weight is 245 g/mol. The first-order valence-corrected chi connectivity index (χ1v) is 6.19. The molecule has 0 heterocycles. The van der Waals surface area contributed by atoms with Gasteiger partial charge in [0.25, 0.3) is 0 Å². The summed E-state index contributed by atoms with van der Waals surface area (Å²) in [4.78, 5) is 12.2. The molecule has 1 aromatic rings. The minimum Gasteiger partial charge on any atom is -0.392 e. The second-order valence-corrected chi connectivity index (χ2v) is 4.44. The van der Waals surface area contributed by atoms with E-state index in [-0.39, 0.29) is 12.4 Å². The summed E-state index contributed by atoms with van der Waals surface area (Å²) in [5.74, 6) is -0.107. The van der Waals surface area contributed by atoms with Gasteiger partial charge in [0.05, 0.1) is 6.61 Å². The van der Waals surface area contributed by atoms with Crippen molar-refractivity contribution in [1.29, 1.82) is 0 Å². The Morgan fingerprint density at radius 1 is 1.60 bits per heavy atom. The molecule has 1 unspecified atom stereocenters. The van der Waals surface area contributed by atoms with Crippen molar-refractivity contribution in [3.8, 4) is 0 Å². The fourth-order valence-electron chi connectivity index (χ4n) is 1.40. The van der Waals surface area contributed by atoms with E-state index in [0.29, 0.717) is 5.56 Å². The van der Waals surface area contributed by atoms with Crippen LogP contribution in [0.3, 0.4) is 0 Å². The number of carbonyl (C=O) groups excluding carboxylic acids is 1. The van der Waals surface area contributed by atoms with E-state index in [2.05, 4.69) is 0 Å². The van der Waals surface area contributed by atoms with E-state index in [0.717, 1.165) is 10.5 Å². The van der Waals surface area contributed by atoms with Crippen molar-refractivity contribution < 1.29 is 9.90 Å². The summed E-state index contributed by atoms with van der Waals surface area (Å²) in [5.41, 5.74) is 1.46. The number of carbonyl (C=O) groups is 1. The molecule has 82 valence electrons. The van der Waals surface area contributed by atoms with E-state index in [9.17, 15) is 9.90 Å². The fourth-order valence-corrected chi connectivity index (χ4v) is 2.25. The molecule has 0 saturated carbocycles. The smallest absolute Gasteiger partial charge is 0.152 e. The zero-order chi connectivity index (χ0) is 11.4. The molecule has 0 bridgehead atoms. The van der Waals surface area contributed by atoms with Gasteiger partial charge in [0.15, 0.2) is 5.78 Å². The third kappa shape index (κ3) is 2.74. The first kappa shape index (κ1) is 12.6. The summed E-state index contributed by atoms with van der Waals surface area (Å²) in [6, 6.07) is 5.53. The molecular weight excluding hydrogens is 232 g/mol. The second-order valence-electron chi connectivity index (χ2n) is 3.16. The van der Waals surface area contributed by atoms with Gasteiger partial charge >= 0.3 is 0 Å². The van der Waals surface area contributed by atoms with Crippen molar-refractivity contribution in [2.45, 2.75) is 23.8 Å². The monoisotopic (exact) mass is 244 g/mol. The van der Waals surface area contributed by atoms with E-state index in [4.69, 9.17) is 11.6 Å². The molecule has 2 nitrogen and oxygen atoms in total. The lowest BCUT2D eigenvalue weighted by atomic mass is 10.0. The highest BCUT2D eigenvalue weighted by Crippen LogP contribution is 2.31. The highest BCUT2D eigenvalue weighted by Gasteiger charge is 2.18. The summed E-state index contributed by atoms with van der Waals surface area (Å²) >= 11 is 7.52. The predicted octanol–water partition coefficient (Wildman–Crippen LogP) is 2.77. The van der Waals surface area contributed by atoms with Crippen LogP contribution >= 0.6 is 23.4 Å². The van der Waals surface area contributed by atoms with Gasteiger partial charge < -0.3 is 5.11 Å². The number of thioether (sulfide) groups is 1. The lowest BCUT2D eigenvalue weighted by Gasteiger charge is -2.13. The van der Waals surface area contributed by atoms with Crippen molar-refractivity contribution >= 4 is 29.1 Å². The first-order valence-electron chi connectivity index (χ1n) is 4.53. The summed E-state index contributed by atoms with van der Waals surface area (Å²) in [5, 5.41) is 8.61. The topological polar surface area (TPSA) is 37.3 Å². The van der Waals surface area contributed by atoms with Gasteiger partial charge in [-0.15, -0.1) is 23.4 Å². The van der Waals surface area contributed by atoms with Crippen molar-refractivity contribution in [3.63, 3.8) is 0 Å². The number of rotatable bonds is 4. The van der Waals surface area contributed by atoms with Crippen LogP contribution in [0.1, 0.15) is 23.4 Å². The van der Waals surface area contributed by atoms with Gasteiger partial charge in [0.2, 0.25) is 0 Å². The zero-order valence-corrected chi connectivity index (χ0v) is 10.2. The number of alkyl halides is 1. The Kier molecular flexibility index (Phi) is 4.64. The minimum absolute atomic E-state index is 0.0944. The van der Waals surface area contributed by atoms with Gasteiger partial charge in [0.1, 0.15) is 5.38 Å². The number of aliphatic hydroxyl groups excluding tert-OH is 1. The van der Waals surface area contributed by atoms with Gasteiger partial charge in [0, 0.05) is 4.90 Å². The number of Topliss-reactive ketones (excluding diaryl/α,β-unsaturated/α-hetero) is 1. The molecular formula is C11H13ClO2S. The summed E-state index contributed by atoms with van der Waals surface area (Å²) in [7, 11) is 0. The van der Waals surface area contributed by atoms with Crippen LogP contribution in [0.15, 0.2) is 23.1 Å². The molecule has 0 spiro atoms. The van der Waals surface area contributed by atoms with Gasteiger partial charge in [-0.3, -0.25) is 4.79 Å². The summed E-state index contributed by atoms with van der Waals surface area (Å²) in [6.45, 7) is 1.35. The summed E-state index contributed by atoms with van der Waals surface area (Å²) < 4.78 is 0. The standard InChI is InChI=1S/C11H13ClO2S/c1-7(14)11(12)8-4-3-5-10(15-2)9(8)6-13/h3-5,11,13H,6H2,1-2H3. The number of halogens is 1. The Labute approximate surface area is 98.6 Å². The highest BCUT2D eigenvalue weighted by molar-refractivity contribution is 7.98. The molecule has 4 heteroatoms. The SMILES string of the molecule is CSc1cccc(C(Cl)C(C)=O)c1CO. The van der Waals surface area contributed by atoms with Crippen molar-refractivity contribution in [3.05, 3.63) is 29.3 Å². The number of hydrogen-bond donors (Lipinski definition) is 1. The summed E-state index contributed by atoms with van der Waals surface area (Å²) in [6.07, 6.45) is 1.93. The molecule has 1 aromatic carbocycles. The maximum absolute atomic E-state index is 11.2. The molecule has 1 N–H and O–H groups in total. The molecule has 0 aliphatic carbocycles. The molecule has 0 aliphatic rings. The molecule has 0 aliphatic heterocycles. The quantitative estimate of drug-likeness (QED) is 0.654. The maximum Gasteiger partial charge on any atom is 0.152 e. The van der Waals surface area contributed by atoms with Crippen LogP contribution in [-0.2, 0) is 11.4 Å². The molecule has 0 radical (unpaired) electrons.